The summed E-state index contributed by atoms with van der Waals surface area (Å²) in [5, 5.41) is 10.1. The van der Waals surface area contributed by atoms with Gasteiger partial charge in [0.1, 0.15) is 6.61 Å². The SMILES string of the molecule is N#Cc1ccccc1COC(=O)/C=C/c1ccc2ccccc2n1. The fourth-order valence-corrected chi connectivity index (χ4v) is 2.28. The Bertz CT molecular complexity index is 955. The first-order chi connectivity index (χ1) is 11.8. The number of aromatic nitrogens is 1. The molecule has 0 radical (unpaired) electrons. The van der Waals surface area contributed by atoms with Crippen molar-refractivity contribution >= 4 is 22.9 Å². The van der Waals surface area contributed by atoms with Crippen LogP contribution < -0.4 is 0 Å². The smallest absolute Gasteiger partial charge is 0.331 e. The van der Waals surface area contributed by atoms with Gasteiger partial charge < -0.3 is 4.74 Å². The summed E-state index contributed by atoms with van der Waals surface area (Å²) in [5.74, 6) is -0.474. The summed E-state index contributed by atoms with van der Waals surface area (Å²) >= 11 is 0. The predicted molar refractivity (Wildman–Crippen MR) is 91.7 cm³/mol. The molecule has 0 fully saturated rings. The molecule has 0 saturated carbocycles. The Morgan fingerprint density at radius 1 is 1.08 bits per heavy atom. The average molecular weight is 314 g/mol. The van der Waals surface area contributed by atoms with Crippen molar-refractivity contribution in [1.82, 2.24) is 4.98 Å². The lowest BCUT2D eigenvalue weighted by atomic mass is 10.1. The van der Waals surface area contributed by atoms with E-state index in [1.54, 1.807) is 30.3 Å². The van der Waals surface area contributed by atoms with Crippen LogP contribution in [0.4, 0.5) is 0 Å². The summed E-state index contributed by atoms with van der Waals surface area (Å²) in [6.07, 6.45) is 2.96. The molecule has 116 valence electrons. The standard InChI is InChI=1S/C20H14N2O2/c21-13-16-6-1-2-7-17(16)14-24-20(23)12-11-18-10-9-15-5-3-4-8-19(15)22-18/h1-12H,14H2/b12-11+. The minimum Gasteiger partial charge on any atom is -0.458 e. The first kappa shape index (κ1) is 15.4. The molecule has 0 saturated heterocycles. The van der Waals surface area contributed by atoms with Crippen molar-refractivity contribution in [2.75, 3.05) is 0 Å². The lowest BCUT2D eigenvalue weighted by molar-refractivity contribution is -0.138. The number of benzene rings is 2. The number of carbonyl (C=O) groups is 1. The molecular weight excluding hydrogens is 300 g/mol. The minimum atomic E-state index is -0.474. The largest absolute Gasteiger partial charge is 0.458 e. The topological polar surface area (TPSA) is 63.0 Å². The molecule has 1 aromatic heterocycles. The fraction of sp³-hybridized carbons (Fsp3) is 0.0500. The van der Waals surface area contributed by atoms with Gasteiger partial charge in [-0.3, -0.25) is 0 Å². The summed E-state index contributed by atoms with van der Waals surface area (Å²) in [4.78, 5) is 16.3. The van der Waals surface area contributed by atoms with Crippen LogP contribution in [0.3, 0.4) is 0 Å². The number of fused-ring (bicyclic) bond motifs is 1. The molecule has 24 heavy (non-hydrogen) atoms. The Morgan fingerprint density at radius 3 is 2.75 bits per heavy atom. The maximum atomic E-state index is 11.8. The van der Waals surface area contributed by atoms with Gasteiger partial charge in [-0.15, -0.1) is 0 Å². The highest BCUT2D eigenvalue weighted by Gasteiger charge is 2.04. The molecule has 3 rings (SSSR count). The van der Waals surface area contributed by atoms with Gasteiger partial charge in [-0.05, 0) is 24.3 Å². The van der Waals surface area contributed by atoms with E-state index in [2.05, 4.69) is 11.1 Å². The maximum absolute atomic E-state index is 11.8. The molecule has 4 heteroatoms. The molecule has 0 aliphatic heterocycles. The van der Waals surface area contributed by atoms with Gasteiger partial charge >= 0.3 is 5.97 Å². The van der Waals surface area contributed by atoms with E-state index in [1.165, 1.54) is 6.08 Å². The van der Waals surface area contributed by atoms with Crippen molar-refractivity contribution in [3.8, 4) is 6.07 Å². The normalized spacial score (nSPS) is 10.6. The monoisotopic (exact) mass is 314 g/mol. The second-order valence-electron chi connectivity index (χ2n) is 5.14. The highest BCUT2D eigenvalue weighted by Crippen LogP contribution is 2.13. The lowest BCUT2D eigenvalue weighted by Gasteiger charge is -2.04. The second-order valence-corrected chi connectivity index (χ2v) is 5.14. The molecule has 0 N–H and O–H groups in total. The molecule has 0 bridgehead atoms. The Morgan fingerprint density at radius 2 is 1.88 bits per heavy atom. The third kappa shape index (κ3) is 3.65. The van der Waals surface area contributed by atoms with Crippen molar-refractivity contribution in [2.45, 2.75) is 6.61 Å². The predicted octanol–water partition coefficient (Wildman–Crippen LogP) is 3.86. The van der Waals surface area contributed by atoms with E-state index in [4.69, 9.17) is 10.00 Å². The van der Waals surface area contributed by atoms with E-state index < -0.39 is 5.97 Å². The molecule has 0 unspecified atom stereocenters. The number of carbonyl (C=O) groups excluding carboxylic acids is 1. The Hall–Kier alpha value is -3.45. The van der Waals surface area contributed by atoms with Crippen LogP contribution in [0.15, 0.2) is 66.7 Å². The number of ether oxygens (including phenoxy) is 1. The van der Waals surface area contributed by atoms with Crippen LogP contribution in [-0.4, -0.2) is 11.0 Å². The fourth-order valence-electron chi connectivity index (χ4n) is 2.28. The van der Waals surface area contributed by atoms with Crippen molar-refractivity contribution in [3.63, 3.8) is 0 Å². The van der Waals surface area contributed by atoms with Gasteiger partial charge in [0.05, 0.1) is 22.8 Å². The molecule has 0 aliphatic carbocycles. The van der Waals surface area contributed by atoms with Crippen LogP contribution in [0, 0.1) is 11.3 Å². The second kappa shape index (κ2) is 7.21. The first-order valence-electron chi connectivity index (χ1n) is 7.45. The van der Waals surface area contributed by atoms with Gasteiger partial charge in [-0.1, -0.05) is 42.5 Å². The van der Waals surface area contributed by atoms with E-state index in [0.29, 0.717) is 16.8 Å². The zero-order valence-corrected chi connectivity index (χ0v) is 12.8. The zero-order chi connectivity index (χ0) is 16.8. The zero-order valence-electron chi connectivity index (χ0n) is 12.8. The van der Waals surface area contributed by atoms with Crippen molar-refractivity contribution in [2.24, 2.45) is 0 Å². The third-order valence-electron chi connectivity index (χ3n) is 3.52. The molecule has 0 aliphatic rings. The minimum absolute atomic E-state index is 0.0675. The quantitative estimate of drug-likeness (QED) is 0.542. The number of rotatable bonds is 4. The Labute approximate surface area is 139 Å². The van der Waals surface area contributed by atoms with Gasteiger partial charge in [0.15, 0.2) is 0 Å². The van der Waals surface area contributed by atoms with E-state index in [-0.39, 0.29) is 6.61 Å². The average Bonchev–Trinajstić information content (AvgIpc) is 2.64. The lowest BCUT2D eigenvalue weighted by Crippen LogP contribution is -2.02. The number of nitriles is 1. The van der Waals surface area contributed by atoms with Gasteiger partial charge in [-0.25, -0.2) is 9.78 Å². The van der Waals surface area contributed by atoms with Crippen LogP contribution in [-0.2, 0) is 16.1 Å². The van der Waals surface area contributed by atoms with Crippen molar-refractivity contribution in [3.05, 3.63) is 83.6 Å². The molecule has 4 nitrogen and oxygen atoms in total. The highest BCUT2D eigenvalue weighted by molar-refractivity contribution is 5.87. The van der Waals surface area contributed by atoms with Gasteiger partial charge in [-0.2, -0.15) is 5.26 Å². The molecular formula is C20H14N2O2. The van der Waals surface area contributed by atoms with E-state index in [1.807, 2.05) is 36.4 Å². The first-order valence-corrected chi connectivity index (χ1v) is 7.45. The van der Waals surface area contributed by atoms with Gasteiger partial charge in [0.2, 0.25) is 0 Å². The third-order valence-corrected chi connectivity index (χ3v) is 3.52. The van der Waals surface area contributed by atoms with E-state index in [9.17, 15) is 4.79 Å². The number of nitrogens with zero attached hydrogens (tertiary/aromatic N) is 2. The van der Waals surface area contributed by atoms with Crippen LogP contribution in [0.2, 0.25) is 0 Å². The van der Waals surface area contributed by atoms with Crippen molar-refractivity contribution in [1.29, 1.82) is 5.26 Å². The number of pyridine rings is 1. The summed E-state index contributed by atoms with van der Waals surface area (Å²) in [6, 6.07) is 20.7. The molecule has 1 heterocycles. The molecule has 0 spiro atoms. The summed E-state index contributed by atoms with van der Waals surface area (Å²) in [6.45, 7) is 0.0675. The van der Waals surface area contributed by atoms with Crippen LogP contribution >= 0.6 is 0 Å². The molecule has 3 aromatic rings. The van der Waals surface area contributed by atoms with Crippen LogP contribution in [0.1, 0.15) is 16.8 Å². The molecule has 2 aromatic carbocycles. The summed E-state index contributed by atoms with van der Waals surface area (Å²) in [5.41, 5.74) is 2.75. The van der Waals surface area contributed by atoms with Gasteiger partial charge in [0.25, 0.3) is 0 Å². The van der Waals surface area contributed by atoms with E-state index in [0.717, 1.165) is 10.9 Å². The number of esters is 1. The molecule has 0 atom stereocenters. The summed E-state index contributed by atoms with van der Waals surface area (Å²) < 4.78 is 5.18. The Kier molecular flexibility index (Phi) is 4.64. The molecule has 0 amide bonds. The van der Waals surface area contributed by atoms with Crippen molar-refractivity contribution < 1.29 is 9.53 Å². The van der Waals surface area contributed by atoms with Crippen LogP contribution in [0.25, 0.3) is 17.0 Å². The number of hydrogen-bond acceptors (Lipinski definition) is 4. The Balaban J connectivity index is 1.65. The number of para-hydroxylation sites is 1. The summed E-state index contributed by atoms with van der Waals surface area (Å²) in [7, 11) is 0. The van der Waals surface area contributed by atoms with Crippen LogP contribution in [0.5, 0.6) is 0 Å². The number of hydrogen-bond donors (Lipinski definition) is 0. The van der Waals surface area contributed by atoms with Gasteiger partial charge in [0, 0.05) is 17.0 Å². The van der Waals surface area contributed by atoms with E-state index >= 15 is 0 Å². The maximum Gasteiger partial charge on any atom is 0.331 e. The highest BCUT2D eigenvalue weighted by atomic mass is 16.5.